The number of benzene rings is 1. The summed E-state index contributed by atoms with van der Waals surface area (Å²) in [5, 5.41) is 12.4. The van der Waals surface area contributed by atoms with Gasteiger partial charge in [0.1, 0.15) is 0 Å². The molecule has 6 heteroatoms. The normalized spacial score (nSPS) is 10.8. The van der Waals surface area contributed by atoms with Gasteiger partial charge in [-0.3, -0.25) is 4.68 Å². The van der Waals surface area contributed by atoms with Crippen LogP contribution >= 0.6 is 0 Å². The van der Waals surface area contributed by atoms with Crippen molar-refractivity contribution in [3.8, 4) is 22.9 Å². The molecule has 2 heterocycles. The summed E-state index contributed by atoms with van der Waals surface area (Å²) in [7, 11) is 1.85. The van der Waals surface area contributed by atoms with E-state index in [1.54, 1.807) is 16.8 Å². The molecule has 19 heavy (non-hydrogen) atoms. The molecule has 3 rings (SSSR count). The van der Waals surface area contributed by atoms with Gasteiger partial charge in [0.2, 0.25) is 5.89 Å². The highest BCUT2D eigenvalue weighted by Crippen LogP contribution is 2.25. The van der Waals surface area contributed by atoms with Gasteiger partial charge in [0, 0.05) is 24.5 Å². The fraction of sp³-hybridized carbons (Fsp3) is 0.154. The van der Waals surface area contributed by atoms with E-state index in [1.165, 1.54) is 0 Å². The number of nitrogens with zero attached hydrogens (tertiary/aromatic N) is 4. The molecule has 0 aliphatic rings. The van der Waals surface area contributed by atoms with Crippen LogP contribution in [0.15, 0.2) is 34.9 Å². The van der Waals surface area contributed by atoms with Crippen molar-refractivity contribution in [1.82, 2.24) is 20.0 Å². The first-order valence-corrected chi connectivity index (χ1v) is 5.83. The number of rotatable bonds is 2. The van der Waals surface area contributed by atoms with E-state index in [-0.39, 0.29) is 0 Å². The van der Waals surface area contributed by atoms with Crippen LogP contribution in [0, 0.1) is 6.92 Å². The average Bonchev–Trinajstić information content (AvgIpc) is 2.97. The number of nitrogen functional groups attached to an aromatic ring is 1. The van der Waals surface area contributed by atoms with Gasteiger partial charge in [0.05, 0.1) is 11.3 Å². The van der Waals surface area contributed by atoms with E-state index < -0.39 is 0 Å². The lowest BCUT2D eigenvalue weighted by Crippen LogP contribution is -1.86. The molecule has 2 aromatic heterocycles. The van der Waals surface area contributed by atoms with Crippen molar-refractivity contribution < 1.29 is 4.42 Å². The molecule has 0 atom stereocenters. The largest absolute Gasteiger partial charge is 0.416 e. The first-order valence-electron chi connectivity index (χ1n) is 5.83. The summed E-state index contributed by atoms with van der Waals surface area (Å²) in [5.74, 6) is 0.940. The van der Waals surface area contributed by atoms with Gasteiger partial charge in [-0.25, -0.2) is 0 Å². The molecule has 0 saturated carbocycles. The Balaban J connectivity index is 1.99. The van der Waals surface area contributed by atoms with Gasteiger partial charge in [-0.2, -0.15) is 5.10 Å². The zero-order valence-electron chi connectivity index (χ0n) is 10.7. The molecule has 6 nitrogen and oxygen atoms in total. The van der Waals surface area contributed by atoms with Crippen LogP contribution in [-0.4, -0.2) is 20.0 Å². The third-order valence-electron chi connectivity index (χ3n) is 2.83. The Kier molecular flexibility index (Phi) is 2.56. The summed E-state index contributed by atoms with van der Waals surface area (Å²) in [6.07, 6.45) is 1.86. The molecule has 0 aliphatic heterocycles. The quantitative estimate of drug-likeness (QED) is 0.708. The van der Waals surface area contributed by atoms with Crippen LogP contribution in [0.2, 0.25) is 0 Å². The molecule has 2 N–H and O–H groups in total. The Bertz CT molecular complexity index is 711. The minimum Gasteiger partial charge on any atom is -0.416 e. The van der Waals surface area contributed by atoms with E-state index in [9.17, 15) is 0 Å². The maximum absolute atomic E-state index is 5.67. The van der Waals surface area contributed by atoms with E-state index in [4.69, 9.17) is 10.2 Å². The third kappa shape index (κ3) is 2.08. The Morgan fingerprint density at radius 1 is 1.11 bits per heavy atom. The van der Waals surface area contributed by atoms with Crippen LogP contribution in [0.3, 0.4) is 0 Å². The summed E-state index contributed by atoms with van der Waals surface area (Å²) in [6.45, 7) is 1.91. The van der Waals surface area contributed by atoms with Gasteiger partial charge in [0.25, 0.3) is 5.89 Å². The lowest BCUT2D eigenvalue weighted by atomic mass is 10.2. The number of hydrogen-bond donors (Lipinski definition) is 1. The fourth-order valence-electron chi connectivity index (χ4n) is 1.88. The van der Waals surface area contributed by atoms with Crippen LogP contribution in [-0.2, 0) is 7.05 Å². The van der Waals surface area contributed by atoms with Crippen LogP contribution in [0.1, 0.15) is 5.69 Å². The zero-order valence-corrected chi connectivity index (χ0v) is 10.7. The molecule has 96 valence electrons. The van der Waals surface area contributed by atoms with Crippen molar-refractivity contribution in [2.24, 2.45) is 7.05 Å². The molecule has 1 aromatic carbocycles. The summed E-state index contributed by atoms with van der Waals surface area (Å²) < 4.78 is 7.39. The number of hydrogen-bond acceptors (Lipinski definition) is 5. The molecule has 0 radical (unpaired) electrons. The monoisotopic (exact) mass is 255 g/mol. The number of anilines is 1. The second kappa shape index (κ2) is 4.24. The molecule has 0 amide bonds. The molecule has 0 spiro atoms. The molecule has 0 unspecified atom stereocenters. The first-order chi connectivity index (χ1) is 9.13. The molecular weight excluding hydrogens is 242 g/mol. The predicted molar refractivity (Wildman–Crippen MR) is 71.1 cm³/mol. The van der Waals surface area contributed by atoms with Crippen LogP contribution in [0.25, 0.3) is 22.9 Å². The van der Waals surface area contributed by atoms with E-state index in [0.717, 1.165) is 16.8 Å². The van der Waals surface area contributed by atoms with E-state index in [1.807, 2.05) is 32.3 Å². The van der Waals surface area contributed by atoms with Crippen molar-refractivity contribution in [1.29, 1.82) is 0 Å². The Hall–Kier alpha value is -2.63. The van der Waals surface area contributed by atoms with Gasteiger partial charge in [-0.1, -0.05) is 0 Å². The Morgan fingerprint density at radius 3 is 2.42 bits per heavy atom. The summed E-state index contributed by atoms with van der Waals surface area (Å²) >= 11 is 0. The minimum absolute atomic E-state index is 0.470. The number of aryl methyl sites for hydroxylation is 2. The van der Waals surface area contributed by atoms with E-state index in [2.05, 4.69) is 15.3 Å². The second-order valence-electron chi connectivity index (χ2n) is 4.34. The fourth-order valence-corrected chi connectivity index (χ4v) is 1.88. The highest BCUT2D eigenvalue weighted by Gasteiger charge is 2.14. The maximum Gasteiger partial charge on any atom is 0.251 e. The van der Waals surface area contributed by atoms with Crippen LogP contribution < -0.4 is 5.73 Å². The lowest BCUT2D eigenvalue weighted by Gasteiger charge is -1.95. The standard InChI is InChI=1S/C13H13N5O/c1-8-11(7-18(2)17-8)13-16-15-12(19-13)9-3-5-10(14)6-4-9/h3-7H,14H2,1-2H3. The van der Waals surface area contributed by atoms with Gasteiger partial charge < -0.3 is 10.2 Å². The van der Waals surface area contributed by atoms with Gasteiger partial charge in [-0.15, -0.1) is 10.2 Å². The maximum atomic E-state index is 5.67. The number of aromatic nitrogens is 4. The van der Waals surface area contributed by atoms with Crippen LogP contribution in [0.4, 0.5) is 5.69 Å². The van der Waals surface area contributed by atoms with Crippen molar-refractivity contribution in [2.75, 3.05) is 5.73 Å². The van der Waals surface area contributed by atoms with Crippen molar-refractivity contribution in [3.63, 3.8) is 0 Å². The molecule has 0 aliphatic carbocycles. The summed E-state index contributed by atoms with van der Waals surface area (Å²) in [5.41, 5.74) is 8.89. The lowest BCUT2D eigenvalue weighted by molar-refractivity contribution is 0.584. The average molecular weight is 255 g/mol. The third-order valence-corrected chi connectivity index (χ3v) is 2.83. The first kappa shape index (κ1) is 11.5. The molecule has 0 fully saturated rings. The summed E-state index contributed by atoms with van der Waals surface area (Å²) in [4.78, 5) is 0. The Labute approximate surface area is 109 Å². The predicted octanol–water partition coefficient (Wildman–Crippen LogP) is 2.03. The summed E-state index contributed by atoms with van der Waals surface area (Å²) in [6, 6.07) is 7.30. The van der Waals surface area contributed by atoms with E-state index >= 15 is 0 Å². The van der Waals surface area contributed by atoms with Crippen LogP contribution in [0.5, 0.6) is 0 Å². The van der Waals surface area contributed by atoms with Crippen molar-refractivity contribution in [3.05, 3.63) is 36.2 Å². The van der Waals surface area contributed by atoms with Crippen molar-refractivity contribution in [2.45, 2.75) is 6.92 Å². The highest BCUT2D eigenvalue weighted by molar-refractivity contribution is 5.60. The SMILES string of the molecule is Cc1nn(C)cc1-c1nnc(-c2ccc(N)cc2)o1. The number of nitrogens with two attached hydrogens (primary N) is 1. The molecule has 0 saturated heterocycles. The van der Waals surface area contributed by atoms with Crippen molar-refractivity contribution >= 4 is 5.69 Å². The van der Waals surface area contributed by atoms with Gasteiger partial charge in [0.15, 0.2) is 0 Å². The highest BCUT2D eigenvalue weighted by atomic mass is 16.4. The minimum atomic E-state index is 0.470. The molecular formula is C13H13N5O. The van der Waals surface area contributed by atoms with Gasteiger partial charge >= 0.3 is 0 Å². The molecule has 0 bridgehead atoms. The topological polar surface area (TPSA) is 82.8 Å². The molecule has 3 aromatic rings. The second-order valence-corrected chi connectivity index (χ2v) is 4.34. The van der Waals surface area contributed by atoms with Gasteiger partial charge in [-0.05, 0) is 31.2 Å². The zero-order chi connectivity index (χ0) is 13.4. The smallest absolute Gasteiger partial charge is 0.251 e. The Morgan fingerprint density at radius 2 is 1.79 bits per heavy atom. The van der Waals surface area contributed by atoms with E-state index in [0.29, 0.717) is 17.5 Å².